The summed E-state index contributed by atoms with van der Waals surface area (Å²) in [6.45, 7) is 4.68. The average molecular weight is 223 g/mol. The maximum Gasteiger partial charge on any atom is 0.146 e. The van der Waals surface area contributed by atoms with Crippen LogP contribution in [0.3, 0.4) is 0 Å². The standard InChI is InChI=1S/C13H18FNO/c1-4-8-16-13-9(2)15(3)11-7-5-6-10(14)12(11)13/h5,7,10H,4,6,8H2,1-3H3. The number of alkyl halides is 1. The molecule has 0 amide bonds. The first-order chi connectivity index (χ1) is 7.66. The largest absolute Gasteiger partial charge is 0.491 e. The topological polar surface area (TPSA) is 14.2 Å². The monoisotopic (exact) mass is 223 g/mol. The van der Waals surface area contributed by atoms with Gasteiger partial charge in [0.1, 0.15) is 11.9 Å². The summed E-state index contributed by atoms with van der Waals surface area (Å²) in [6.07, 6.45) is 4.34. The summed E-state index contributed by atoms with van der Waals surface area (Å²) in [4.78, 5) is 0. The number of allylic oxidation sites excluding steroid dienone is 1. The Bertz CT molecular complexity index is 420. The molecular weight excluding hydrogens is 205 g/mol. The van der Waals surface area contributed by atoms with Gasteiger partial charge in [0.05, 0.1) is 23.6 Å². The van der Waals surface area contributed by atoms with E-state index in [1.165, 1.54) is 0 Å². The Labute approximate surface area is 95.7 Å². The van der Waals surface area contributed by atoms with E-state index in [9.17, 15) is 4.39 Å². The van der Waals surface area contributed by atoms with E-state index in [1.54, 1.807) is 0 Å². The second-order valence-electron chi connectivity index (χ2n) is 4.23. The van der Waals surface area contributed by atoms with Crippen LogP contribution in [0.15, 0.2) is 6.08 Å². The fraction of sp³-hybridized carbons (Fsp3) is 0.538. The van der Waals surface area contributed by atoms with Crippen molar-refractivity contribution in [2.75, 3.05) is 6.61 Å². The number of nitrogens with zero attached hydrogens (tertiary/aromatic N) is 1. The van der Waals surface area contributed by atoms with E-state index in [-0.39, 0.29) is 0 Å². The van der Waals surface area contributed by atoms with E-state index in [0.717, 1.165) is 29.1 Å². The quantitative estimate of drug-likeness (QED) is 0.764. The van der Waals surface area contributed by atoms with Crippen LogP contribution in [0, 0.1) is 6.92 Å². The van der Waals surface area contributed by atoms with Crippen LogP contribution in [0.5, 0.6) is 5.75 Å². The molecule has 0 spiro atoms. The molecule has 16 heavy (non-hydrogen) atoms. The third kappa shape index (κ3) is 1.64. The molecule has 1 aromatic heterocycles. The number of hydrogen-bond donors (Lipinski definition) is 0. The van der Waals surface area contributed by atoms with Crippen molar-refractivity contribution in [3.8, 4) is 5.75 Å². The number of rotatable bonds is 3. The molecule has 1 unspecified atom stereocenters. The normalized spacial score (nSPS) is 18.6. The van der Waals surface area contributed by atoms with Crippen LogP contribution >= 0.6 is 0 Å². The first-order valence-corrected chi connectivity index (χ1v) is 5.79. The molecule has 0 radical (unpaired) electrons. The van der Waals surface area contributed by atoms with Gasteiger partial charge in [-0.15, -0.1) is 0 Å². The summed E-state index contributed by atoms with van der Waals surface area (Å²) in [5, 5.41) is 0. The van der Waals surface area contributed by atoms with E-state index < -0.39 is 6.17 Å². The second kappa shape index (κ2) is 4.32. The Morgan fingerprint density at radius 3 is 3.00 bits per heavy atom. The van der Waals surface area contributed by atoms with Gasteiger partial charge in [-0.25, -0.2) is 4.39 Å². The Hall–Kier alpha value is -1.25. The molecule has 2 nitrogen and oxygen atoms in total. The van der Waals surface area contributed by atoms with Crippen LogP contribution in [0.1, 0.15) is 42.9 Å². The molecule has 0 bridgehead atoms. The summed E-state index contributed by atoms with van der Waals surface area (Å²) in [6, 6.07) is 0. The van der Waals surface area contributed by atoms with Crippen LogP contribution < -0.4 is 4.74 Å². The van der Waals surface area contributed by atoms with E-state index >= 15 is 0 Å². The zero-order valence-corrected chi connectivity index (χ0v) is 10.1. The molecule has 0 N–H and O–H groups in total. The summed E-state index contributed by atoms with van der Waals surface area (Å²) in [5.41, 5.74) is 2.69. The molecule has 0 saturated heterocycles. The lowest BCUT2D eigenvalue weighted by molar-refractivity contribution is 0.289. The Morgan fingerprint density at radius 1 is 1.56 bits per heavy atom. The number of hydrogen-bond acceptors (Lipinski definition) is 1. The van der Waals surface area contributed by atoms with E-state index in [1.807, 2.05) is 30.7 Å². The van der Waals surface area contributed by atoms with Gasteiger partial charge >= 0.3 is 0 Å². The first-order valence-electron chi connectivity index (χ1n) is 5.79. The minimum Gasteiger partial charge on any atom is -0.491 e. The fourth-order valence-corrected chi connectivity index (χ4v) is 2.13. The van der Waals surface area contributed by atoms with Gasteiger partial charge in [-0.3, -0.25) is 0 Å². The Kier molecular flexibility index (Phi) is 3.03. The summed E-state index contributed by atoms with van der Waals surface area (Å²) in [7, 11) is 1.95. The highest BCUT2D eigenvalue weighted by atomic mass is 19.1. The van der Waals surface area contributed by atoms with Gasteiger partial charge in [0, 0.05) is 13.5 Å². The molecule has 0 aliphatic heterocycles. The first kappa shape index (κ1) is 11.2. The third-order valence-electron chi connectivity index (χ3n) is 3.10. The molecule has 1 heterocycles. The van der Waals surface area contributed by atoms with Gasteiger partial charge < -0.3 is 9.30 Å². The minimum absolute atomic E-state index is 0.457. The van der Waals surface area contributed by atoms with Gasteiger partial charge in [-0.1, -0.05) is 13.0 Å². The van der Waals surface area contributed by atoms with Gasteiger partial charge in [0.25, 0.3) is 0 Å². The van der Waals surface area contributed by atoms with Crippen LogP contribution in [0.4, 0.5) is 4.39 Å². The second-order valence-corrected chi connectivity index (χ2v) is 4.23. The molecule has 1 aliphatic carbocycles. The summed E-state index contributed by atoms with van der Waals surface area (Å²) < 4.78 is 21.6. The number of halogens is 1. The van der Waals surface area contributed by atoms with Crippen LogP contribution in [-0.4, -0.2) is 11.2 Å². The van der Waals surface area contributed by atoms with E-state index in [2.05, 4.69) is 6.92 Å². The lowest BCUT2D eigenvalue weighted by Crippen LogP contribution is -2.02. The lowest BCUT2D eigenvalue weighted by Gasteiger charge is -2.14. The van der Waals surface area contributed by atoms with Crippen LogP contribution in [0.25, 0.3) is 6.08 Å². The minimum atomic E-state index is -0.924. The zero-order valence-electron chi connectivity index (χ0n) is 10.1. The zero-order chi connectivity index (χ0) is 11.7. The molecule has 1 atom stereocenters. The highest BCUT2D eigenvalue weighted by molar-refractivity contribution is 5.61. The van der Waals surface area contributed by atoms with Gasteiger partial charge in [0.2, 0.25) is 0 Å². The maximum atomic E-state index is 13.9. The average Bonchev–Trinajstić information content (AvgIpc) is 2.52. The molecule has 88 valence electrons. The highest BCUT2D eigenvalue weighted by Crippen LogP contribution is 2.41. The van der Waals surface area contributed by atoms with Gasteiger partial charge in [-0.05, 0) is 19.4 Å². The van der Waals surface area contributed by atoms with Crippen molar-refractivity contribution >= 4 is 6.08 Å². The van der Waals surface area contributed by atoms with Crippen molar-refractivity contribution in [3.63, 3.8) is 0 Å². The predicted octanol–water partition coefficient (Wildman–Crippen LogP) is 3.55. The van der Waals surface area contributed by atoms with Crippen LogP contribution in [-0.2, 0) is 7.05 Å². The lowest BCUT2D eigenvalue weighted by atomic mass is 10.0. The molecule has 1 aromatic rings. The molecular formula is C13H18FNO. The highest BCUT2D eigenvalue weighted by Gasteiger charge is 2.26. The summed E-state index contributed by atoms with van der Waals surface area (Å²) in [5.74, 6) is 0.746. The number of ether oxygens (including phenoxy) is 1. The molecule has 2 rings (SSSR count). The SMILES string of the molecule is CCCOc1c2c(n(C)c1C)C=CCC2F. The van der Waals surface area contributed by atoms with Crippen molar-refractivity contribution in [1.82, 2.24) is 4.57 Å². The van der Waals surface area contributed by atoms with Gasteiger partial charge in [0.15, 0.2) is 0 Å². The maximum absolute atomic E-state index is 13.9. The molecule has 3 heteroatoms. The van der Waals surface area contributed by atoms with Crippen molar-refractivity contribution in [2.24, 2.45) is 7.05 Å². The van der Waals surface area contributed by atoms with E-state index in [0.29, 0.717) is 13.0 Å². The van der Waals surface area contributed by atoms with Gasteiger partial charge in [-0.2, -0.15) is 0 Å². The van der Waals surface area contributed by atoms with Crippen molar-refractivity contribution in [3.05, 3.63) is 23.0 Å². The smallest absolute Gasteiger partial charge is 0.146 e. The number of fused-ring (bicyclic) bond motifs is 1. The fourth-order valence-electron chi connectivity index (χ4n) is 2.13. The Morgan fingerprint density at radius 2 is 2.31 bits per heavy atom. The molecule has 0 fully saturated rings. The molecule has 1 aliphatic rings. The Balaban J connectivity index is 2.47. The van der Waals surface area contributed by atoms with E-state index in [4.69, 9.17) is 4.74 Å². The number of aromatic nitrogens is 1. The van der Waals surface area contributed by atoms with Crippen molar-refractivity contribution in [2.45, 2.75) is 32.9 Å². The molecule has 0 saturated carbocycles. The third-order valence-corrected chi connectivity index (χ3v) is 3.10. The van der Waals surface area contributed by atoms with Crippen LogP contribution in [0.2, 0.25) is 0 Å². The van der Waals surface area contributed by atoms with Crippen molar-refractivity contribution in [1.29, 1.82) is 0 Å². The predicted molar refractivity (Wildman–Crippen MR) is 63.4 cm³/mol. The summed E-state index contributed by atoms with van der Waals surface area (Å²) >= 11 is 0. The van der Waals surface area contributed by atoms with Crippen molar-refractivity contribution < 1.29 is 9.13 Å². The molecule has 0 aromatic carbocycles.